The minimum atomic E-state index is -2.88. The zero-order valence-electron chi connectivity index (χ0n) is 11.5. The maximum atomic E-state index is 12.5. The van der Waals surface area contributed by atoms with E-state index < -0.39 is 6.61 Å². The predicted molar refractivity (Wildman–Crippen MR) is 85.7 cm³/mol. The molecule has 0 radical (unpaired) electrons. The van der Waals surface area contributed by atoms with Crippen LogP contribution in [0.3, 0.4) is 0 Å². The van der Waals surface area contributed by atoms with E-state index in [9.17, 15) is 8.78 Å². The Kier molecular flexibility index (Phi) is 5.27. The Hall–Kier alpha value is -1.51. The summed E-state index contributed by atoms with van der Waals surface area (Å²) in [5, 5.41) is 3.14. The number of aromatic nitrogens is 2. The molecule has 1 N–H and O–H groups in total. The van der Waals surface area contributed by atoms with Gasteiger partial charge in [0, 0.05) is 6.54 Å². The Morgan fingerprint density at radius 1 is 1.29 bits per heavy atom. The number of benzene rings is 1. The molecule has 0 aliphatic rings. The maximum absolute atomic E-state index is 12.5. The fraction of sp³-hybridized carbons (Fsp3) is 0.286. The Bertz CT molecular complexity index is 638. The van der Waals surface area contributed by atoms with Crippen LogP contribution in [-0.4, -0.2) is 23.1 Å². The van der Waals surface area contributed by atoms with E-state index in [2.05, 4.69) is 42.6 Å². The van der Waals surface area contributed by atoms with Crippen molar-refractivity contribution in [2.75, 3.05) is 11.9 Å². The number of hydrogen-bond donors (Lipinski definition) is 1. The topological polar surface area (TPSA) is 47.0 Å². The van der Waals surface area contributed by atoms with Crippen LogP contribution in [0.2, 0.25) is 0 Å². The molecular formula is C14H14F2IN3O. The SMILES string of the molecule is CCNc1nc(-c2ccccc2OC(F)F)nc(C)c1I. The second-order valence-electron chi connectivity index (χ2n) is 4.20. The van der Waals surface area contributed by atoms with Crippen molar-refractivity contribution in [3.05, 3.63) is 33.5 Å². The van der Waals surface area contributed by atoms with Crippen LogP contribution in [0, 0.1) is 10.5 Å². The van der Waals surface area contributed by atoms with Gasteiger partial charge in [-0.3, -0.25) is 0 Å². The first-order valence-corrected chi connectivity index (χ1v) is 7.43. The lowest BCUT2D eigenvalue weighted by Gasteiger charge is -2.13. The van der Waals surface area contributed by atoms with Gasteiger partial charge in [0.15, 0.2) is 5.82 Å². The van der Waals surface area contributed by atoms with Crippen LogP contribution < -0.4 is 10.1 Å². The summed E-state index contributed by atoms with van der Waals surface area (Å²) >= 11 is 2.15. The van der Waals surface area contributed by atoms with Crippen LogP contribution in [0.4, 0.5) is 14.6 Å². The fourth-order valence-electron chi connectivity index (χ4n) is 1.81. The summed E-state index contributed by atoms with van der Waals surface area (Å²) in [6.45, 7) is 1.64. The lowest BCUT2D eigenvalue weighted by atomic mass is 10.2. The summed E-state index contributed by atoms with van der Waals surface area (Å²) in [6, 6.07) is 6.50. The van der Waals surface area contributed by atoms with Gasteiger partial charge in [-0.15, -0.1) is 0 Å². The summed E-state index contributed by atoms with van der Waals surface area (Å²) in [4.78, 5) is 8.78. The molecule has 21 heavy (non-hydrogen) atoms. The molecule has 2 aromatic rings. The molecule has 0 saturated carbocycles. The highest BCUT2D eigenvalue weighted by Gasteiger charge is 2.15. The molecular weight excluding hydrogens is 391 g/mol. The molecule has 0 bridgehead atoms. The molecule has 0 fully saturated rings. The fourth-order valence-corrected chi connectivity index (χ4v) is 2.25. The zero-order chi connectivity index (χ0) is 15.4. The number of nitrogens with one attached hydrogen (secondary N) is 1. The van der Waals surface area contributed by atoms with E-state index in [0.29, 0.717) is 23.8 Å². The molecule has 0 unspecified atom stereocenters. The molecule has 112 valence electrons. The zero-order valence-corrected chi connectivity index (χ0v) is 13.7. The maximum Gasteiger partial charge on any atom is 0.387 e. The summed E-state index contributed by atoms with van der Waals surface area (Å²) in [5.74, 6) is 1.11. The van der Waals surface area contributed by atoms with Crippen molar-refractivity contribution >= 4 is 28.4 Å². The highest BCUT2D eigenvalue weighted by Crippen LogP contribution is 2.31. The molecule has 4 nitrogen and oxygen atoms in total. The van der Waals surface area contributed by atoms with E-state index in [1.165, 1.54) is 6.07 Å². The number of para-hydroxylation sites is 1. The van der Waals surface area contributed by atoms with Gasteiger partial charge in [-0.05, 0) is 48.6 Å². The Balaban J connectivity index is 2.51. The summed E-state index contributed by atoms with van der Waals surface area (Å²) in [5.41, 5.74) is 1.22. The van der Waals surface area contributed by atoms with Gasteiger partial charge in [0.25, 0.3) is 0 Å². The number of nitrogens with zero attached hydrogens (tertiary/aromatic N) is 2. The smallest absolute Gasteiger partial charge is 0.387 e. The van der Waals surface area contributed by atoms with Crippen molar-refractivity contribution in [1.82, 2.24) is 9.97 Å². The number of rotatable bonds is 5. The van der Waals surface area contributed by atoms with Crippen molar-refractivity contribution in [3.63, 3.8) is 0 Å². The first-order valence-electron chi connectivity index (χ1n) is 6.35. The van der Waals surface area contributed by atoms with Gasteiger partial charge in [-0.1, -0.05) is 12.1 Å². The van der Waals surface area contributed by atoms with Crippen molar-refractivity contribution in [3.8, 4) is 17.1 Å². The summed E-state index contributed by atoms with van der Waals surface area (Å²) in [6.07, 6.45) is 0. The number of ether oxygens (including phenoxy) is 1. The van der Waals surface area contributed by atoms with Crippen LogP contribution in [0.15, 0.2) is 24.3 Å². The van der Waals surface area contributed by atoms with Crippen molar-refractivity contribution in [1.29, 1.82) is 0 Å². The minimum absolute atomic E-state index is 0.0653. The van der Waals surface area contributed by atoms with E-state index >= 15 is 0 Å². The van der Waals surface area contributed by atoms with Crippen molar-refractivity contribution < 1.29 is 13.5 Å². The largest absolute Gasteiger partial charge is 0.434 e. The molecule has 1 aromatic carbocycles. The molecule has 1 aromatic heterocycles. The molecule has 1 heterocycles. The van der Waals surface area contributed by atoms with Crippen LogP contribution in [0.25, 0.3) is 11.4 Å². The van der Waals surface area contributed by atoms with Gasteiger partial charge in [0.2, 0.25) is 0 Å². The van der Waals surface area contributed by atoms with Gasteiger partial charge in [0.05, 0.1) is 14.8 Å². The Labute approximate surface area is 135 Å². The molecule has 2 rings (SSSR count). The van der Waals surface area contributed by atoms with Crippen molar-refractivity contribution in [2.24, 2.45) is 0 Å². The average molecular weight is 405 g/mol. The van der Waals surface area contributed by atoms with Gasteiger partial charge in [-0.25, -0.2) is 9.97 Å². The standard InChI is InChI=1S/C14H14F2IN3O/c1-3-18-13-11(17)8(2)19-12(20-13)9-6-4-5-7-10(9)21-14(15)16/h4-7,14H,3H2,1-2H3,(H,18,19,20). The number of alkyl halides is 2. The van der Waals surface area contributed by atoms with Crippen LogP contribution in [-0.2, 0) is 0 Å². The van der Waals surface area contributed by atoms with Gasteiger partial charge in [0.1, 0.15) is 11.6 Å². The van der Waals surface area contributed by atoms with E-state index in [1.807, 2.05) is 13.8 Å². The number of anilines is 1. The summed E-state index contributed by atoms with van der Waals surface area (Å²) < 4.78 is 30.4. The molecule has 0 aliphatic carbocycles. The highest BCUT2D eigenvalue weighted by molar-refractivity contribution is 14.1. The molecule has 0 spiro atoms. The minimum Gasteiger partial charge on any atom is -0.434 e. The Morgan fingerprint density at radius 2 is 2.00 bits per heavy atom. The normalized spacial score (nSPS) is 10.8. The lowest BCUT2D eigenvalue weighted by molar-refractivity contribution is -0.0494. The monoisotopic (exact) mass is 405 g/mol. The third kappa shape index (κ3) is 3.78. The quantitative estimate of drug-likeness (QED) is 0.762. The van der Waals surface area contributed by atoms with E-state index in [-0.39, 0.29) is 5.75 Å². The van der Waals surface area contributed by atoms with Gasteiger partial charge >= 0.3 is 6.61 Å². The van der Waals surface area contributed by atoms with Crippen molar-refractivity contribution in [2.45, 2.75) is 20.5 Å². The third-order valence-corrected chi connectivity index (χ3v) is 4.00. The summed E-state index contributed by atoms with van der Waals surface area (Å²) in [7, 11) is 0. The second-order valence-corrected chi connectivity index (χ2v) is 5.28. The number of hydrogen-bond acceptors (Lipinski definition) is 4. The lowest BCUT2D eigenvalue weighted by Crippen LogP contribution is -2.08. The predicted octanol–water partition coefficient (Wildman–Crippen LogP) is 4.09. The molecule has 0 atom stereocenters. The van der Waals surface area contributed by atoms with Gasteiger partial charge in [-0.2, -0.15) is 8.78 Å². The van der Waals surface area contributed by atoms with Crippen LogP contribution in [0.1, 0.15) is 12.6 Å². The third-order valence-electron chi connectivity index (χ3n) is 2.71. The second kappa shape index (κ2) is 6.97. The Morgan fingerprint density at radius 3 is 2.67 bits per heavy atom. The number of aryl methyl sites for hydroxylation is 1. The van der Waals surface area contributed by atoms with E-state index in [1.54, 1.807) is 18.2 Å². The van der Waals surface area contributed by atoms with Crippen LogP contribution >= 0.6 is 22.6 Å². The first-order chi connectivity index (χ1) is 10.0. The van der Waals surface area contributed by atoms with E-state index in [0.717, 1.165) is 9.26 Å². The highest BCUT2D eigenvalue weighted by atomic mass is 127. The molecule has 0 amide bonds. The van der Waals surface area contributed by atoms with Crippen LogP contribution in [0.5, 0.6) is 5.75 Å². The van der Waals surface area contributed by atoms with E-state index in [4.69, 9.17) is 0 Å². The number of halogens is 3. The average Bonchev–Trinajstić information content (AvgIpc) is 2.44. The van der Waals surface area contributed by atoms with Gasteiger partial charge < -0.3 is 10.1 Å². The molecule has 7 heteroatoms. The molecule has 0 saturated heterocycles. The molecule has 0 aliphatic heterocycles. The first kappa shape index (κ1) is 15.9.